The van der Waals surface area contributed by atoms with Gasteiger partial charge in [0.1, 0.15) is 5.82 Å². The molecule has 0 bridgehead atoms. The fraction of sp³-hybridized carbons (Fsp3) is 0. The van der Waals surface area contributed by atoms with Gasteiger partial charge in [-0.25, -0.2) is 4.39 Å². The van der Waals surface area contributed by atoms with E-state index in [4.69, 9.17) is 11.6 Å². The number of rotatable bonds is 1. The molecule has 0 aliphatic heterocycles. The SMILES string of the molecule is O=c1c2ccccc2c2ncc(-c3c(F)cccc3Cl)c3c4ccccc4n1c23. The van der Waals surface area contributed by atoms with Gasteiger partial charge in [0.15, 0.2) is 0 Å². The van der Waals surface area contributed by atoms with Crippen molar-refractivity contribution in [2.75, 3.05) is 0 Å². The van der Waals surface area contributed by atoms with Crippen molar-refractivity contribution in [3.8, 4) is 11.1 Å². The van der Waals surface area contributed by atoms with Crippen LogP contribution in [0.25, 0.3) is 49.2 Å². The van der Waals surface area contributed by atoms with Crippen LogP contribution in [0.5, 0.6) is 0 Å². The molecule has 6 aromatic rings. The Kier molecular flexibility index (Phi) is 3.26. The molecular weight excluding hydrogens is 387 g/mol. The first-order valence-corrected chi connectivity index (χ1v) is 9.55. The van der Waals surface area contributed by atoms with E-state index in [2.05, 4.69) is 4.98 Å². The summed E-state index contributed by atoms with van der Waals surface area (Å²) < 4.78 is 16.5. The third-order valence-corrected chi connectivity index (χ3v) is 5.85. The number of hydrogen-bond acceptors (Lipinski definition) is 2. The molecule has 0 atom stereocenters. The van der Waals surface area contributed by atoms with Crippen LogP contribution in [0.2, 0.25) is 5.02 Å². The van der Waals surface area contributed by atoms with Crippen molar-refractivity contribution in [2.45, 2.75) is 0 Å². The maximum absolute atomic E-state index is 14.8. The summed E-state index contributed by atoms with van der Waals surface area (Å²) in [4.78, 5) is 18.1. The summed E-state index contributed by atoms with van der Waals surface area (Å²) in [7, 11) is 0. The Morgan fingerprint density at radius 2 is 1.59 bits per heavy atom. The maximum atomic E-state index is 14.8. The van der Waals surface area contributed by atoms with Gasteiger partial charge in [0.05, 0.1) is 21.6 Å². The van der Waals surface area contributed by atoms with E-state index < -0.39 is 5.82 Å². The Hall–Kier alpha value is -3.50. The molecule has 0 amide bonds. The first-order chi connectivity index (χ1) is 14.2. The molecule has 0 unspecified atom stereocenters. The summed E-state index contributed by atoms with van der Waals surface area (Å²) >= 11 is 6.38. The van der Waals surface area contributed by atoms with E-state index in [1.165, 1.54) is 6.07 Å². The number of aromatic nitrogens is 2. The average Bonchev–Trinajstić information content (AvgIpc) is 3.09. The Bertz CT molecular complexity index is 1630. The highest BCUT2D eigenvalue weighted by Gasteiger charge is 2.22. The van der Waals surface area contributed by atoms with Gasteiger partial charge in [-0.1, -0.05) is 54.1 Å². The largest absolute Gasteiger partial charge is 0.273 e. The molecule has 0 fully saturated rings. The molecule has 3 heterocycles. The van der Waals surface area contributed by atoms with Crippen LogP contribution in [-0.4, -0.2) is 9.38 Å². The van der Waals surface area contributed by atoms with Gasteiger partial charge in [0.25, 0.3) is 5.56 Å². The maximum Gasteiger partial charge on any atom is 0.263 e. The van der Waals surface area contributed by atoms with E-state index in [1.54, 1.807) is 22.7 Å². The second-order valence-electron chi connectivity index (χ2n) is 7.04. The monoisotopic (exact) mass is 398 g/mol. The molecule has 3 aromatic carbocycles. The molecule has 0 aliphatic carbocycles. The minimum atomic E-state index is -0.422. The van der Waals surface area contributed by atoms with Crippen LogP contribution in [0.3, 0.4) is 0 Å². The van der Waals surface area contributed by atoms with Gasteiger partial charge in [-0.3, -0.25) is 14.2 Å². The van der Waals surface area contributed by atoms with Crippen LogP contribution < -0.4 is 5.56 Å². The number of fused-ring (bicyclic) bond motifs is 5. The molecule has 0 N–H and O–H groups in total. The van der Waals surface area contributed by atoms with Gasteiger partial charge in [-0.2, -0.15) is 0 Å². The molecule has 0 aliphatic rings. The molecule has 6 rings (SSSR count). The number of nitrogens with zero attached hydrogens (tertiary/aromatic N) is 2. The van der Waals surface area contributed by atoms with E-state index in [0.717, 1.165) is 21.7 Å². The zero-order valence-electron chi connectivity index (χ0n) is 15.0. The number of pyridine rings is 2. The molecule has 5 heteroatoms. The van der Waals surface area contributed by atoms with Crippen LogP contribution in [0.1, 0.15) is 0 Å². The molecule has 0 saturated carbocycles. The molecule has 0 spiro atoms. The average molecular weight is 399 g/mol. The lowest BCUT2D eigenvalue weighted by Crippen LogP contribution is -2.13. The summed E-state index contributed by atoms with van der Waals surface area (Å²) in [5.74, 6) is -0.422. The second kappa shape index (κ2) is 5.75. The fourth-order valence-electron chi connectivity index (χ4n) is 4.34. The normalized spacial score (nSPS) is 11.9. The van der Waals surface area contributed by atoms with E-state index in [0.29, 0.717) is 32.6 Å². The minimum Gasteiger partial charge on any atom is -0.273 e. The van der Waals surface area contributed by atoms with Crippen LogP contribution in [0.4, 0.5) is 4.39 Å². The summed E-state index contributed by atoms with van der Waals surface area (Å²) in [5.41, 5.74) is 2.92. The third-order valence-electron chi connectivity index (χ3n) is 5.54. The molecule has 0 saturated heterocycles. The number of para-hydroxylation sites is 1. The zero-order chi connectivity index (χ0) is 19.7. The molecule has 3 aromatic heterocycles. The molecule has 29 heavy (non-hydrogen) atoms. The standard InChI is InChI=1S/C24H12ClFN2O/c25-17-9-5-10-18(26)21(17)16-12-27-22-13-6-1-2-7-14(13)24(29)28-19-11-4-3-8-15(19)20(16)23(22)28/h1-12H. The first kappa shape index (κ1) is 16.5. The Morgan fingerprint density at radius 3 is 2.38 bits per heavy atom. The lowest BCUT2D eigenvalue weighted by molar-refractivity contribution is 0.631. The van der Waals surface area contributed by atoms with Crippen molar-refractivity contribution < 1.29 is 4.39 Å². The first-order valence-electron chi connectivity index (χ1n) is 9.17. The summed E-state index contributed by atoms with van der Waals surface area (Å²) in [6.07, 6.45) is 1.66. The van der Waals surface area contributed by atoms with Gasteiger partial charge in [0, 0.05) is 38.9 Å². The molecule has 3 nitrogen and oxygen atoms in total. The van der Waals surface area contributed by atoms with Crippen molar-refractivity contribution in [3.05, 3.63) is 94.1 Å². The highest BCUT2D eigenvalue weighted by atomic mass is 35.5. The number of halogens is 2. The van der Waals surface area contributed by atoms with Crippen LogP contribution in [-0.2, 0) is 0 Å². The van der Waals surface area contributed by atoms with Crippen LogP contribution >= 0.6 is 11.6 Å². The predicted octanol–water partition coefficient (Wildman–Crippen LogP) is 6.05. The lowest BCUT2D eigenvalue weighted by atomic mass is 9.99. The zero-order valence-corrected chi connectivity index (χ0v) is 15.7. The van der Waals surface area contributed by atoms with E-state index in [9.17, 15) is 9.18 Å². The van der Waals surface area contributed by atoms with Gasteiger partial charge >= 0.3 is 0 Å². The Labute approximate surface area is 168 Å². The fourth-order valence-corrected chi connectivity index (χ4v) is 4.61. The molecular formula is C24H12ClFN2O. The molecule has 0 radical (unpaired) electrons. The van der Waals surface area contributed by atoms with Crippen molar-refractivity contribution >= 4 is 49.7 Å². The second-order valence-corrected chi connectivity index (χ2v) is 7.45. The van der Waals surface area contributed by atoms with E-state index in [-0.39, 0.29) is 5.56 Å². The Morgan fingerprint density at radius 1 is 0.862 bits per heavy atom. The van der Waals surface area contributed by atoms with Crippen molar-refractivity contribution in [1.29, 1.82) is 0 Å². The van der Waals surface area contributed by atoms with Gasteiger partial charge in [-0.05, 0) is 24.3 Å². The van der Waals surface area contributed by atoms with Gasteiger partial charge in [-0.15, -0.1) is 0 Å². The summed E-state index contributed by atoms with van der Waals surface area (Å²) in [6, 6.07) is 19.7. The third kappa shape index (κ3) is 2.07. The van der Waals surface area contributed by atoms with Crippen molar-refractivity contribution in [3.63, 3.8) is 0 Å². The van der Waals surface area contributed by atoms with E-state index >= 15 is 0 Å². The minimum absolute atomic E-state index is 0.113. The quantitative estimate of drug-likeness (QED) is 0.316. The van der Waals surface area contributed by atoms with Crippen LogP contribution in [0.15, 0.2) is 77.7 Å². The van der Waals surface area contributed by atoms with Crippen molar-refractivity contribution in [1.82, 2.24) is 9.38 Å². The highest BCUT2D eigenvalue weighted by molar-refractivity contribution is 6.34. The Balaban J connectivity index is 1.98. The summed E-state index contributed by atoms with van der Waals surface area (Å²) in [5, 5.41) is 3.33. The van der Waals surface area contributed by atoms with Gasteiger partial charge in [0.2, 0.25) is 0 Å². The topological polar surface area (TPSA) is 34.4 Å². The number of hydrogen-bond donors (Lipinski definition) is 0. The molecule has 138 valence electrons. The highest BCUT2D eigenvalue weighted by Crippen LogP contribution is 2.41. The lowest BCUT2D eigenvalue weighted by Gasteiger charge is -2.10. The van der Waals surface area contributed by atoms with E-state index in [1.807, 2.05) is 48.5 Å². The van der Waals surface area contributed by atoms with Gasteiger partial charge < -0.3 is 0 Å². The number of benzene rings is 3. The van der Waals surface area contributed by atoms with Crippen LogP contribution in [0, 0.1) is 5.82 Å². The predicted molar refractivity (Wildman–Crippen MR) is 116 cm³/mol. The summed E-state index contributed by atoms with van der Waals surface area (Å²) in [6.45, 7) is 0. The smallest absolute Gasteiger partial charge is 0.263 e. The van der Waals surface area contributed by atoms with Crippen molar-refractivity contribution in [2.24, 2.45) is 0 Å².